The molecule has 2 aromatic rings. The molecule has 0 unspecified atom stereocenters. The number of benzene rings is 1. The first-order valence-corrected chi connectivity index (χ1v) is 9.48. The Hall–Kier alpha value is -1.56. The minimum absolute atomic E-state index is 0.172. The summed E-state index contributed by atoms with van der Waals surface area (Å²) in [5.74, 6) is 2.21. The molecule has 0 aliphatic carbocycles. The van der Waals surface area contributed by atoms with Crippen LogP contribution in [0.15, 0.2) is 36.5 Å². The Balaban J connectivity index is 1.72. The fourth-order valence-corrected chi connectivity index (χ4v) is 3.79. The number of carbonyl (C=O) groups is 1. The third-order valence-electron chi connectivity index (χ3n) is 4.18. The first kappa shape index (κ1) is 17.3. The molecule has 3 rings (SSSR count). The number of anilines is 1. The zero-order chi connectivity index (χ0) is 16.9. The van der Waals surface area contributed by atoms with Crippen LogP contribution < -0.4 is 5.32 Å². The summed E-state index contributed by atoms with van der Waals surface area (Å²) in [5, 5.41) is 3.36. The van der Waals surface area contributed by atoms with Gasteiger partial charge >= 0.3 is 0 Å². The second kappa shape index (κ2) is 8.01. The summed E-state index contributed by atoms with van der Waals surface area (Å²) in [5.41, 5.74) is 3.72. The second-order valence-corrected chi connectivity index (χ2v) is 7.41. The van der Waals surface area contributed by atoms with Crippen LogP contribution in [0, 0.1) is 6.92 Å². The van der Waals surface area contributed by atoms with E-state index >= 15 is 0 Å². The number of thioether (sulfide) groups is 1. The Labute approximate surface area is 151 Å². The molecule has 4 nitrogen and oxygen atoms in total. The summed E-state index contributed by atoms with van der Waals surface area (Å²) in [6.45, 7) is 5.23. The van der Waals surface area contributed by atoms with Crippen LogP contribution in [0.25, 0.3) is 0 Å². The van der Waals surface area contributed by atoms with Gasteiger partial charge in [-0.3, -0.25) is 9.69 Å². The lowest BCUT2D eigenvalue weighted by molar-refractivity contribution is 0.102. The molecule has 126 valence electrons. The molecule has 0 atom stereocenters. The van der Waals surface area contributed by atoms with Gasteiger partial charge in [0, 0.05) is 43.0 Å². The number of aromatic nitrogens is 1. The van der Waals surface area contributed by atoms with Crippen LogP contribution in [0.1, 0.15) is 21.5 Å². The van der Waals surface area contributed by atoms with E-state index in [2.05, 4.69) is 28.2 Å². The van der Waals surface area contributed by atoms with Crippen LogP contribution in [0.4, 0.5) is 5.69 Å². The molecule has 0 bridgehead atoms. The molecular weight excluding hydrogens is 342 g/mol. The molecule has 1 aromatic carbocycles. The molecule has 24 heavy (non-hydrogen) atoms. The smallest absolute Gasteiger partial charge is 0.257 e. The Kier molecular flexibility index (Phi) is 5.76. The maximum absolute atomic E-state index is 12.4. The van der Waals surface area contributed by atoms with E-state index in [0.717, 1.165) is 30.9 Å². The summed E-state index contributed by atoms with van der Waals surface area (Å²) in [7, 11) is 0. The minimum Gasteiger partial charge on any atom is -0.322 e. The van der Waals surface area contributed by atoms with Crippen molar-refractivity contribution in [1.82, 2.24) is 9.88 Å². The highest BCUT2D eigenvalue weighted by Crippen LogP contribution is 2.22. The van der Waals surface area contributed by atoms with Gasteiger partial charge in [-0.05, 0) is 36.2 Å². The summed E-state index contributed by atoms with van der Waals surface area (Å²) in [4.78, 5) is 18.8. The van der Waals surface area contributed by atoms with E-state index in [1.54, 1.807) is 12.1 Å². The molecule has 6 heteroatoms. The molecule has 0 spiro atoms. The van der Waals surface area contributed by atoms with Gasteiger partial charge in [-0.25, -0.2) is 4.98 Å². The Morgan fingerprint density at radius 2 is 2.08 bits per heavy atom. The normalized spacial score (nSPS) is 15.2. The van der Waals surface area contributed by atoms with E-state index in [-0.39, 0.29) is 5.91 Å². The van der Waals surface area contributed by atoms with E-state index in [4.69, 9.17) is 11.6 Å². The lowest BCUT2D eigenvalue weighted by Gasteiger charge is -2.27. The van der Waals surface area contributed by atoms with E-state index < -0.39 is 0 Å². The van der Waals surface area contributed by atoms with Gasteiger partial charge in [-0.15, -0.1) is 0 Å². The van der Waals surface area contributed by atoms with Gasteiger partial charge in [-0.1, -0.05) is 23.7 Å². The zero-order valence-electron chi connectivity index (χ0n) is 13.6. The Morgan fingerprint density at radius 3 is 2.79 bits per heavy atom. The SMILES string of the molecule is Cc1c(CN2CCSCC2)cccc1NC(=O)c1ccc(Cl)nc1. The van der Waals surface area contributed by atoms with E-state index in [1.807, 2.05) is 23.9 Å². The number of nitrogens with zero attached hydrogens (tertiary/aromatic N) is 2. The van der Waals surface area contributed by atoms with E-state index in [9.17, 15) is 4.79 Å². The summed E-state index contributed by atoms with van der Waals surface area (Å²) >= 11 is 7.78. The van der Waals surface area contributed by atoms with Crippen LogP contribution in [0.3, 0.4) is 0 Å². The van der Waals surface area contributed by atoms with Crippen molar-refractivity contribution in [3.05, 3.63) is 58.4 Å². The van der Waals surface area contributed by atoms with Crippen LogP contribution in [-0.4, -0.2) is 40.4 Å². The maximum Gasteiger partial charge on any atom is 0.257 e. The van der Waals surface area contributed by atoms with E-state index in [1.165, 1.54) is 23.3 Å². The second-order valence-electron chi connectivity index (χ2n) is 5.80. The first-order chi connectivity index (χ1) is 11.6. The van der Waals surface area contributed by atoms with Crippen molar-refractivity contribution >= 4 is 35.0 Å². The number of hydrogen-bond donors (Lipinski definition) is 1. The van der Waals surface area contributed by atoms with E-state index in [0.29, 0.717) is 10.7 Å². The van der Waals surface area contributed by atoms with Crippen molar-refractivity contribution < 1.29 is 4.79 Å². The Bertz CT molecular complexity index is 715. The highest BCUT2D eigenvalue weighted by Gasteiger charge is 2.14. The topological polar surface area (TPSA) is 45.2 Å². The predicted molar refractivity (Wildman–Crippen MR) is 101 cm³/mol. The van der Waals surface area contributed by atoms with Crippen LogP contribution in [-0.2, 0) is 6.54 Å². The molecule has 1 aliphatic rings. The summed E-state index contributed by atoms with van der Waals surface area (Å²) in [6.07, 6.45) is 1.49. The predicted octanol–water partition coefficient (Wildman–Crippen LogP) is 3.84. The summed E-state index contributed by atoms with van der Waals surface area (Å²) in [6, 6.07) is 9.36. The average Bonchev–Trinajstić information content (AvgIpc) is 2.60. The molecule has 0 saturated carbocycles. The number of hydrogen-bond acceptors (Lipinski definition) is 4. The minimum atomic E-state index is -0.172. The first-order valence-electron chi connectivity index (χ1n) is 7.95. The molecule has 2 heterocycles. The number of rotatable bonds is 4. The quantitative estimate of drug-likeness (QED) is 0.840. The van der Waals surface area contributed by atoms with Gasteiger partial charge in [0.2, 0.25) is 0 Å². The van der Waals surface area contributed by atoms with Crippen molar-refractivity contribution in [2.75, 3.05) is 29.9 Å². The monoisotopic (exact) mass is 361 g/mol. The largest absolute Gasteiger partial charge is 0.322 e. The van der Waals surface area contributed by atoms with Gasteiger partial charge in [0.15, 0.2) is 0 Å². The van der Waals surface area contributed by atoms with Gasteiger partial charge < -0.3 is 5.32 Å². The van der Waals surface area contributed by atoms with Gasteiger partial charge in [0.1, 0.15) is 5.15 Å². The molecular formula is C18H20ClN3OS. The maximum atomic E-state index is 12.4. The van der Waals surface area contributed by atoms with Crippen molar-refractivity contribution in [3.63, 3.8) is 0 Å². The third kappa shape index (κ3) is 4.29. The zero-order valence-corrected chi connectivity index (χ0v) is 15.2. The lowest BCUT2D eigenvalue weighted by atomic mass is 10.1. The van der Waals surface area contributed by atoms with Crippen molar-refractivity contribution in [1.29, 1.82) is 0 Å². The molecule has 1 aromatic heterocycles. The summed E-state index contributed by atoms with van der Waals surface area (Å²) < 4.78 is 0. The molecule has 1 N–H and O–H groups in total. The third-order valence-corrected chi connectivity index (χ3v) is 5.35. The molecule has 0 radical (unpaired) electrons. The van der Waals surface area contributed by atoms with Crippen LogP contribution in [0.2, 0.25) is 5.15 Å². The number of amides is 1. The molecule has 1 amide bonds. The molecule has 1 saturated heterocycles. The number of pyridine rings is 1. The lowest BCUT2D eigenvalue weighted by Crippen LogP contribution is -2.32. The number of carbonyl (C=O) groups excluding carboxylic acids is 1. The fraction of sp³-hybridized carbons (Fsp3) is 0.333. The van der Waals surface area contributed by atoms with Crippen molar-refractivity contribution in [2.45, 2.75) is 13.5 Å². The van der Waals surface area contributed by atoms with Gasteiger partial charge in [0.25, 0.3) is 5.91 Å². The van der Waals surface area contributed by atoms with Crippen LogP contribution in [0.5, 0.6) is 0 Å². The molecule has 1 fully saturated rings. The van der Waals surface area contributed by atoms with Crippen LogP contribution >= 0.6 is 23.4 Å². The highest BCUT2D eigenvalue weighted by molar-refractivity contribution is 7.99. The number of halogens is 1. The van der Waals surface area contributed by atoms with Crippen molar-refractivity contribution in [3.8, 4) is 0 Å². The Morgan fingerprint density at radius 1 is 1.29 bits per heavy atom. The average molecular weight is 362 g/mol. The van der Waals surface area contributed by atoms with Gasteiger partial charge in [0.05, 0.1) is 5.56 Å². The number of nitrogens with one attached hydrogen (secondary N) is 1. The molecule has 1 aliphatic heterocycles. The fourth-order valence-electron chi connectivity index (χ4n) is 2.69. The standard InChI is InChI=1S/C18H20ClN3OS/c1-13-15(12-22-7-9-24-10-8-22)3-2-4-16(13)21-18(23)14-5-6-17(19)20-11-14/h2-6,11H,7-10,12H2,1H3,(H,21,23). The highest BCUT2D eigenvalue weighted by atomic mass is 35.5. The van der Waals surface area contributed by atoms with Crippen molar-refractivity contribution in [2.24, 2.45) is 0 Å². The van der Waals surface area contributed by atoms with Gasteiger partial charge in [-0.2, -0.15) is 11.8 Å².